The Bertz CT molecular complexity index is 779. The van der Waals surface area contributed by atoms with Crippen molar-refractivity contribution in [3.05, 3.63) is 52.5 Å². The monoisotopic (exact) mass is 390 g/mol. The van der Waals surface area contributed by atoms with Gasteiger partial charge in [0, 0.05) is 0 Å². The van der Waals surface area contributed by atoms with Crippen molar-refractivity contribution in [1.82, 2.24) is 5.43 Å². The Morgan fingerprint density at radius 3 is 2.92 bits per heavy atom. The second-order valence-corrected chi connectivity index (χ2v) is 5.89. The van der Waals surface area contributed by atoms with Gasteiger partial charge in [-0.05, 0) is 58.7 Å². The number of nitrogens with one attached hydrogen (secondary N) is 1. The van der Waals surface area contributed by atoms with Gasteiger partial charge in [0.15, 0.2) is 17.6 Å². The SMILES string of the molecule is CC(Oc1ccccc1Br)C(=O)N/N=C/c1ccc2c(c1)OCO2. The molecule has 1 heterocycles. The number of amides is 1. The van der Waals surface area contributed by atoms with Crippen LogP contribution in [0.5, 0.6) is 17.2 Å². The molecule has 2 aromatic rings. The molecule has 0 aliphatic carbocycles. The molecule has 1 aliphatic rings. The second-order valence-electron chi connectivity index (χ2n) is 5.04. The molecule has 24 heavy (non-hydrogen) atoms. The number of hydrazone groups is 1. The number of carbonyl (C=O) groups excluding carboxylic acids is 1. The average Bonchev–Trinajstić information content (AvgIpc) is 3.04. The molecule has 2 aromatic carbocycles. The van der Waals surface area contributed by atoms with Gasteiger partial charge in [0.1, 0.15) is 5.75 Å². The maximum Gasteiger partial charge on any atom is 0.280 e. The zero-order valence-electron chi connectivity index (χ0n) is 12.9. The third-order valence-corrected chi connectivity index (χ3v) is 3.95. The van der Waals surface area contributed by atoms with Gasteiger partial charge in [-0.15, -0.1) is 0 Å². The van der Waals surface area contributed by atoms with Crippen molar-refractivity contribution in [2.45, 2.75) is 13.0 Å². The molecule has 0 saturated heterocycles. The van der Waals surface area contributed by atoms with Gasteiger partial charge in [-0.1, -0.05) is 12.1 Å². The van der Waals surface area contributed by atoms with E-state index in [-0.39, 0.29) is 12.7 Å². The third kappa shape index (κ3) is 3.86. The van der Waals surface area contributed by atoms with Crippen LogP contribution < -0.4 is 19.6 Å². The molecule has 124 valence electrons. The summed E-state index contributed by atoms with van der Waals surface area (Å²) in [4.78, 5) is 12.0. The van der Waals surface area contributed by atoms with E-state index in [1.165, 1.54) is 6.21 Å². The Balaban J connectivity index is 1.56. The summed E-state index contributed by atoms with van der Waals surface area (Å²) in [5, 5.41) is 3.94. The van der Waals surface area contributed by atoms with Crippen molar-refractivity contribution in [3.8, 4) is 17.2 Å². The Labute approximate surface area is 147 Å². The van der Waals surface area contributed by atoms with Crippen molar-refractivity contribution < 1.29 is 19.0 Å². The number of halogens is 1. The molecule has 1 N–H and O–H groups in total. The first-order valence-electron chi connectivity index (χ1n) is 7.27. The maximum absolute atomic E-state index is 12.0. The van der Waals surface area contributed by atoms with Crippen molar-refractivity contribution in [3.63, 3.8) is 0 Å². The lowest BCUT2D eigenvalue weighted by Crippen LogP contribution is -2.33. The quantitative estimate of drug-likeness (QED) is 0.628. The minimum absolute atomic E-state index is 0.219. The maximum atomic E-state index is 12.0. The number of rotatable bonds is 5. The molecule has 0 saturated carbocycles. The van der Waals surface area contributed by atoms with Gasteiger partial charge in [-0.25, -0.2) is 5.43 Å². The summed E-state index contributed by atoms with van der Waals surface area (Å²) in [6, 6.07) is 12.7. The molecule has 6 nitrogen and oxygen atoms in total. The molecule has 0 fully saturated rings. The first-order chi connectivity index (χ1) is 11.6. The fourth-order valence-electron chi connectivity index (χ4n) is 2.04. The van der Waals surface area contributed by atoms with E-state index in [4.69, 9.17) is 14.2 Å². The molecule has 1 unspecified atom stereocenters. The summed E-state index contributed by atoms with van der Waals surface area (Å²) >= 11 is 3.37. The molecular weight excluding hydrogens is 376 g/mol. The third-order valence-electron chi connectivity index (χ3n) is 3.29. The number of fused-ring (bicyclic) bond motifs is 1. The largest absolute Gasteiger partial charge is 0.480 e. The first kappa shape index (κ1) is 16.3. The molecule has 0 bridgehead atoms. The van der Waals surface area contributed by atoms with E-state index in [1.807, 2.05) is 24.3 Å². The van der Waals surface area contributed by atoms with E-state index in [2.05, 4.69) is 26.5 Å². The van der Waals surface area contributed by atoms with Crippen LogP contribution in [0, 0.1) is 0 Å². The van der Waals surface area contributed by atoms with Gasteiger partial charge < -0.3 is 14.2 Å². The van der Waals surface area contributed by atoms with Crippen LogP contribution in [0.3, 0.4) is 0 Å². The molecule has 0 spiro atoms. The van der Waals surface area contributed by atoms with Gasteiger partial charge in [0.05, 0.1) is 10.7 Å². The average molecular weight is 391 g/mol. The fourth-order valence-corrected chi connectivity index (χ4v) is 2.42. The zero-order chi connectivity index (χ0) is 16.9. The summed E-state index contributed by atoms with van der Waals surface area (Å²) in [5.74, 6) is 1.62. The molecule has 0 aromatic heterocycles. The van der Waals surface area contributed by atoms with Crippen LogP contribution in [0.1, 0.15) is 12.5 Å². The Morgan fingerprint density at radius 2 is 2.08 bits per heavy atom. The molecule has 0 radical (unpaired) electrons. The predicted octanol–water partition coefficient (Wildman–Crippen LogP) is 3.10. The van der Waals surface area contributed by atoms with Crippen LogP contribution in [-0.4, -0.2) is 25.0 Å². The summed E-state index contributed by atoms with van der Waals surface area (Å²) in [7, 11) is 0. The standard InChI is InChI=1S/C17H15BrN2O4/c1-11(24-14-5-3-2-4-13(14)18)17(21)20-19-9-12-6-7-15-16(8-12)23-10-22-15/h2-9,11H,10H2,1H3,(H,20,21)/b19-9+. The Kier molecular flexibility index (Phi) is 5.00. The van der Waals surface area contributed by atoms with E-state index >= 15 is 0 Å². The summed E-state index contributed by atoms with van der Waals surface area (Å²) in [5.41, 5.74) is 3.25. The fraction of sp³-hybridized carbons (Fsp3) is 0.176. The Hall–Kier alpha value is -2.54. The van der Waals surface area contributed by atoms with Gasteiger partial charge in [-0.3, -0.25) is 4.79 Å². The highest BCUT2D eigenvalue weighted by Crippen LogP contribution is 2.32. The van der Waals surface area contributed by atoms with Gasteiger partial charge in [-0.2, -0.15) is 5.10 Å². The van der Waals surface area contributed by atoms with Gasteiger partial charge in [0.2, 0.25) is 6.79 Å². The molecular formula is C17H15BrN2O4. The smallest absolute Gasteiger partial charge is 0.280 e. The van der Waals surface area contributed by atoms with E-state index in [0.717, 1.165) is 10.0 Å². The number of hydrogen-bond donors (Lipinski definition) is 1. The molecule has 3 rings (SSSR count). The summed E-state index contributed by atoms with van der Waals surface area (Å²) in [6.45, 7) is 1.88. The molecule has 7 heteroatoms. The summed E-state index contributed by atoms with van der Waals surface area (Å²) in [6.07, 6.45) is 0.850. The van der Waals surface area contributed by atoms with Crippen LogP contribution in [0.25, 0.3) is 0 Å². The molecule has 1 aliphatic heterocycles. The van der Waals surface area contributed by atoms with Crippen LogP contribution >= 0.6 is 15.9 Å². The van der Waals surface area contributed by atoms with Crippen LogP contribution in [0.4, 0.5) is 0 Å². The topological polar surface area (TPSA) is 69.2 Å². The number of benzene rings is 2. The van der Waals surface area contributed by atoms with Gasteiger partial charge >= 0.3 is 0 Å². The lowest BCUT2D eigenvalue weighted by molar-refractivity contribution is -0.127. The van der Waals surface area contributed by atoms with E-state index in [9.17, 15) is 4.79 Å². The normalized spacial score (nSPS) is 13.8. The highest BCUT2D eigenvalue weighted by atomic mass is 79.9. The van der Waals surface area contributed by atoms with Crippen molar-refractivity contribution >= 4 is 28.1 Å². The highest BCUT2D eigenvalue weighted by molar-refractivity contribution is 9.10. The highest BCUT2D eigenvalue weighted by Gasteiger charge is 2.15. The predicted molar refractivity (Wildman–Crippen MR) is 92.5 cm³/mol. The van der Waals surface area contributed by atoms with Gasteiger partial charge in [0.25, 0.3) is 5.91 Å². The minimum atomic E-state index is -0.683. The summed E-state index contributed by atoms with van der Waals surface area (Å²) < 4.78 is 16.9. The van der Waals surface area contributed by atoms with E-state index < -0.39 is 6.10 Å². The Morgan fingerprint density at radius 1 is 1.29 bits per heavy atom. The second kappa shape index (κ2) is 7.35. The molecule has 1 amide bonds. The van der Waals surface area contributed by atoms with Crippen LogP contribution in [0.15, 0.2) is 52.0 Å². The lowest BCUT2D eigenvalue weighted by Gasteiger charge is -2.13. The van der Waals surface area contributed by atoms with Crippen molar-refractivity contribution in [2.24, 2.45) is 5.10 Å². The van der Waals surface area contributed by atoms with E-state index in [1.54, 1.807) is 25.1 Å². The number of nitrogens with zero attached hydrogens (tertiary/aromatic N) is 1. The molecule has 1 atom stereocenters. The minimum Gasteiger partial charge on any atom is -0.480 e. The van der Waals surface area contributed by atoms with E-state index in [0.29, 0.717) is 17.2 Å². The van der Waals surface area contributed by atoms with Crippen molar-refractivity contribution in [2.75, 3.05) is 6.79 Å². The lowest BCUT2D eigenvalue weighted by atomic mass is 10.2. The number of ether oxygens (including phenoxy) is 3. The number of hydrogen-bond acceptors (Lipinski definition) is 5. The van der Waals surface area contributed by atoms with Crippen LogP contribution in [0.2, 0.25) is 0 Å². The number of para-hydroxylation sites is 1. The van der Waals surface area contributed by atoms with Crippen molar-refractivity contribution in [1.29, 1.82) is 0 Å². The zero-order valence-corrected chi connectivity index (χ0v) is 14.4. The van der Waals surface area contributed by atoms with Crippen LogP contribution in [-0.2, 0) is 4.79 Å². The first-order valence-corrected chi connectivity index (χ1v) is 8.06. The number of carbonyl (C=O) groups is 1.